The molecule has 0 radical (unpaired) electrons. The SMILES string of the molecule is C=C(C)C(=O)OC(CC)[SiH2]CO[Si](C)(C)C. The van der Waals surface area contributed by atoms with Crippen LogP contribution in [0.5, 0.6) is 0 Å². The molecule has 3 nitrogen and oxygen atoms in total. The number of ether oxygens (including phenoxy) is 1. The molecule has 1 unspecified atom stereocenters. The Morgan fingerprint density at radius 3 is 2.38 bits per heavy atom. The second kappa shape index (κ2) is 7.03. The van der Waals surface area contributed by atoms with E-state index >= 15 is 0 Å². The third-order valence-corrected chi connectivity index (χ3v) is 5.36. The third kappa shape index (κ3) is 7.84. The number of rotatable bonds is 7. The van der Waals surface area contributed by atoms with Gasteiger partial charge in [-0.3, -0.25) is 0 Å². The molecule has 0 rings (SSSR count). The predicted octanol–water partition coefficient (Wildman–Crippen LogP) is 1.82. The van der Waals surface area contributed by atoms with E-state index in [1.807, 2.05) is 6.92 Å². The molecule has 0 amide bonds. The van der Waals surface area contributed by atoms with Crippen LogP contribution in [0, 0.1) is 0 Å². The van der Waals surface area contributed by atoms with Crippen LogP contribution >= 0.6 is 0 Å². The highest BCUT2D eigenvalue weighted by molar-refractivity contribution is 6.70. The molecule has 1 atom stereocenters. The van der Waals surface area contributed by atoms with Gasteiger partial charge >= 0.3 is 5.97 Å². The number of carbonyl (C=O) groups excluding carboxylic acids is 1. The molecule has 0 aliphatic heterocycles. The molecule has 0 fully saturated rings. The van der Waals surface area contributed by atoms with Crippen molar-refractivity contribution in [3.8, 4) is 0 Å². The first kappa shape index (κ1) is 15.6. The Labute approximate surface area is 102 Å². The third-order valence-electron chi connectivity index (χ3n) is 2.05. The molecular formula is C11H24O3Si2. The predicted molar refractivity (Wildman–Crippen MR) is 72.8 cm³/mol. The van der Waals surface area contributed by atoms with Crippen LogP contribution in [0.4, 0.5) is 0 Å². The zero-order valence-corrected chi connectivity index (χ0v) is 13.5. The fourth-order valence-corrected chi connectivity index (χ4v) is 4.96. The van der Waals surface area contributed by atoms with E-state index in [0.29, 0.717) is 5.57 Å². The van der Waals surface area contributed by atoms with Crippen molar-refractivity contribution in [2.75, 3.05) is 6.23 Å². The van der Waals surface area contributed by atoms with Crippen molar-refractivity contribution in [3.63, 3.8) is 0 Å². The van der Waals surface area contributed by atoms with Gasteiger partial charge in [-0.05, 0) is 33.0 Å². The number of hydrogen-bond acceptors (Lipinski definition) is 3. The molecule has 0 aromatic carbocycles. The van der Waals surface area contributed by atoms with E-state index in [0.717, 1.165) is 12.7 Å². The van der Waals surface area contributed by atoms with Crippen molar-refractivity contribution in [3.05, 3.63) is 12.2 Å². The topological polar surface area (TPSA) is 35.5 Å². The first-order valence-electron chi connectivity index (χ1n) is 5.76. The molecule has 16 heavy (non-hydrogen) atoms. The summed E-state index contributed by atoms with van der Waals surface area (Å²) in [5.74, 6) is -0.271. The van der Waals surface area contributed by atoms with E-state index in [1.54, 1.807) is 6.92 Å². The molecule has 94 valence electrons. The average Bonchev–Trinajstić information content (AvgIpc) is 2.13. The van der Waals surface area contributed by atoms with Gasteiger partial charge in [0.1, 0.15) is 0 Å². The summed E-state index contributed by atoms with van der Waals surface area (Å²) in [6.07, 6.45) is 1.68. The van der Waals surface area contributed by atoms with Gasteiger partial charge < -0.3 is 9.16 Å². The van der Waals surface area contributed by atoms with Crippen LogP contribution in [-0.4, -0.2) is 35.8 Å². The normalized spacial score (nSPS) is 14.1. The van der Waals surface area contributed by atoms with Gasteiger partial charge in [0.2, 0.25) is 0 Å². The van der Waals surface area contributed by atoms with Crippen LogP contribution in [0.3, 0.4) is 0 Å². The lowest BCUT2D eigenvalue weighted by Gasteiger charge is -2.20. The van der Waals surface area contributed by atoms with Gasteiger partial charge in [0.25, 0.3) is 0 Å². The fourth-order valence-electron chi connectivity index (χ4n) is 1.09. The molecule has 0 bridgehead atoms. The molecule has 5 heteroatoms. The summed E-state index contributed by atoms with van der Waals surface area (Å²) in [5, 5.41) is 0. The van der Waals surface area contributed by atoms with E-state index in [1.165, 1.54) is 0 Å². The standard InChI is InChI=1S/C11H24O3Si2/c1-7-10(14-11(12)9(2)3)15-8-13-16(4,5)6/h10H,2,7-8,15H2,1,3-6H3. The Hall–Kier alpha value is -0.396. The maximum absolute atomic E-state index is 11.3. The summed E-state index contributed by atoms with van der Waals surface area (Å²) in [6.45, 7) is 13.8. The molecule has 0 aliphatic rings. The van der Waals surface area contributed by atoms with E-state index in [9.17, 15) is 4.79 Å². The monoisotopic (exact) mass is 260 g/mol. The van der Waals surface area contributed by atoms with E-state index in [4.69, 9.17) is 9.16 Å². The lowest BCUT2D eigenvalue weighted by atomic mass is 10.4. The van der Waals surface area contributed by atoms with Gasteiger partial charge in [-0.2, -0.15) is 0 Å². The summed E-state index contributed by atoms with van der Waals surface area (Å²) in [7, 11) is -1.92. The van der Waals surface area contributed by atoms with Crippen molar-refractivity contribution < 1.29 is 14.0 Å². The van der Waals surface area contributed by atoms with Gasteiger partial charge in [0, 0.05) is 11.8 Å². The van der Waals surface area contributed by atoms with Crippen LogP contribution in [0.25, 0.3) is 0 Å². The molecule has 0 aromatic heterocycles. The molecule has 0 saturated heterocycles. The Morgan fingerprint density at radius 2 is 2.00 bits per heavy atom. The molecule has 0 aromatic rings. The lowest BCUT2D eigenvalue weighted by molar-refractivity contribution is -0.140. The van der Waals surface area contributed by atoms with Crippen molar-refractivity contribution in [1.82, 2.24) is 0 Å². The van der Waals surface area contributed by atoms with Gasteiger partial charge in [0.15, 0.2) is 8.32 Å². The van der Waals surface area contributed by atoms with Gasteiger partial charge in [-0.1, -0.05) is 13.5 Å². The van der Waals surface area contributed by atoms with E-state index in [2.05, 4.69) is 26.2 Å². The first-order valence-corrected chi connectivity index (χ1v) is 11.0. The molecule has 0 N–H and O–H groups in total. The molecule has 0 aliphatic carbocycles. The van der Waals surface area contributed by atoms with Crippen LogP contribution in [-0.2, 0) is 14.0 Å². The Bertz CT molecular complexity index is 246. The number of hydrogen-bond donors (Lipinski definition) is 0. The molecular weight excluding hydrogens is 236 g/mol. The van der Waals surface area contributed by atoms with Crippen molar-refractivity contribution in [2.45, 2.75) is 45.6 Å². The molecule has 0 saturated carbocycles. The van der Waals surface area contributed by atoms with Crippen LogP contribution in [0.15, 0.2) is 12.2 Å². The summed E-state index contributed by atoms with van der Waals surface area (Å²) in [5.41, 5.74) is 0.555. The molecule has 0 heterocycles. The highest BCUT2D eigenvalue weighted by atomic mass is 28.4. The Kier molecular flexibility index (Phi) is 6.86. The number of carbonyl (C=O) groups is 1. The zero-order valence-electron chi connectivity index (χ0n) is 11.1. The van der Waals surface area contributed by atoms with Gasteiger partial charge in [-0.15, -0.1) is 0 Å². The average molecular weight is 260 g/mol. The first-order chi connectivity index (χ1) is 7.26. The quantitative estimate of drug-likeness (QED) is 0.398. The minimum absolute atomic E-state index is 0.0838. The van der Waals surface area contributed by atoms with E-state index < -0.39 is 17.8 Å². The number of esters is 1. The van der Waals surface area contributed by atoms with Crippen LogP contribution in [0.1, 0.15) is 20.3 Å². The van der Waals surface area contributed by atoms with Crippen molar-refractivity contribution in [2.24, 2.45) is 0 Å². The zero-order chi connectivity index (χ0) is 12.8. The fraction of sp³-hybridized carbons (Fsp3) is 0.727. The Morgan fingerprint density at radius 1 is 1.44 bits per heavy atom. The van der Waals surface area contributed by atoms with Gasteiger partial charge in [-0.25, -0.2) is 4.79 Å². The maximum Gasteiger partial charge on any atom is 0.333 e. The smallest absolute Gasteiger partial charge is 0.333 e. The summed E-state index contributed by atoms with van der Waals surface area (Å²) in [6, 6.07) is 0. The lowest BCUT2D eigenvalue weighted by Crippen LogP contribution is -2.33. The minimum atomic E-state index is -1.42. The van der Waals surface area contributed by atoms with Crippen molar-refractivity contribution in [1.29, 1.82) is 0 Å². The van der Waals surface area contributed by atoms with Crippen molar-refractivity contribution >= 4 is 23.8 Å². The maximum atomic E-state index is 11.3. The second-order valence-electron chi connectivity index (χ2n) is 4.97. The van der Waals surface area contributed by atoms with Crippen LogP contribution in [0.2, 0.25) is 19.6 Å². The second-order valence-corrected chi connectivity index (χ2v) is 11.4. The minimum Gasteiger partial charge on any atom is -0.464 e. The van der Waals surface area contributed by atoms with Crippen LogP contribution < -0.4 is 0 Å². The summed E-state index contributed by atoms with van der Waals surface area (Å²) >= 11 is 0. The largest absolute Gasteiger partial charge is 0.464 e. The summed E-state index contributed by atoms with van der Waals surface area (Å²) in [4.78, 5) is 11.3. The molecule has 0 spiro atoms. The highest BCUT2D eigenvalue weighted by Crippen LogP contribution is 2.05. The highest BCUT2D eigenvalue weighted by Gasteiger charge is 2.17. The summed E-state index contributed by atoms with van der Waals surface area (Å²) < 4.78 is 11.1. The Balaban J connectivity index is 3.93. The van der Waals surface area contributed by atoms with Gasteiger partial charge in [0.05, 0.1) is 15.2 Å². The van der Waals surface area contributed by atoms with E-state index in [-0.39, 0.29) is 11.7 Å².